The molecule has 0 aromatic carbocycles. The fourth-order valence-electron chi connectivity index (χ4n) is 2.24. The summed E-state index contributed by atoms with van der Waals surface area (Å²) in [7, 11) is 0. The normalized spacial score (nSPS) is 37.0. The van der Waals surface area contributed by atoms with Gasteiger partial charge in [-0.05, 0) is 37.8 Å². The van der Waals surface area contributed by atoms with E-state index in [2.05, 4.69) is 24.1 Å². The minimum atomic E-state index is 0.814. The minimum Gasteiger partial charge on any atom is -0.375 e. The largest absolute Gasteiger partial charge is 0.375 e. The topological polar surface area (TPSA) is 3.24 Å². The van der Waals surface area contributed by atoms with E-state index in [1.165, 1.54) is 32.2 Å². The van der Waals surface area contributed by atoms with Crippen molar-refractivity contribution in [2.45, 2.75) is 38.6 Å². The zero-order chi connectivity index (χ0) is 7.68. The van der Waals surface area contributed by atoms with Crippen LogP contribution in [0.5, 0.6) is 0 Å². The predicted octanol–water partition coefficient (Wildman–Crippen LogP) is 2.39. The molecule has 2 unspecified atom stereocenters. The Morgan fingerprint density at radius 1 is 1.36 bits per heavy atom. The molecule has 2 rings (SSSR count). The fourth-order valence-corrected chi connectivity index (χ4v) is 2.24. The number of allylic oxidation sites excluding steroid dienone is 1. The number of rotatable bonds is 0. The Balaban J connectivity index is 2.05. The van der Waals surface area contributed by atoms with Crippen molar-refractivity contribution < 1.29 is 0 Å². The summed E-state index contributed by atoms with van der Waals surface area (Å²) in [5, 5.41) is 0. The maximum atomic E-state index is 2.53. The number of piperidine rings is 1. The summed E-state index contributed by atoms with van der Waals surface area (Å²) >= 11 is 0. The Kier molecular flexibility index (Phi) is 1.89. The van der Waals surface area contributed by atoms with E-state index in [-0.39, 0.29) is 0 Å². The maximum Gasteiger partial charge on any atom is 0.0289 e. The molecule has 0 aromatic heterocycles. The molecule has 1 nitrogen and oxygen atoms in total. The Labute approximate surface area is 69.1 Å². The average molecular weight is 151 g/mol. The Morgan fingerprint density at radius 3 is 3.18 bits per heavy atom. The molecule has 0 amide bonds. The summed E-state index contributed by atoms with van der Waals surface area (Å²) in [6, 6.07) is 0.878. The van der Waals surface area contributed by atoms with E-state index in [0.29, 0.717) is 0 Å². The lowest BCUT2D eigenvalue weighted by Crippen LogP contribution is -2.38. The standard InChI is InChI=1S/C10H17N/c1-9-5-7-11-6-3-2-4-10(11)8-9/h5,7,9-10H,2-4,6,8H2,1H3. The van der Waals surface area contributed by atoms with Crippen LogP contribution in [-0.2, 0) is 0 Å². The van der Waals surface area contributed by atoms with Crippen LogP contribution in [0.3, 0.4) is 0 Å². The summed E-state index contributed by atoms with van der Waals surface area (Å²) in [4.78, 5) is 2.53. The van der Waals surface area contributed by atoms with Crippen LogP contribution in [0.4, 0.5) is 0 Å². The summed E-state index contributed by atoms with van der Waals surface area (Å²) < 4.78 is 0. The lowest BCUT2D eigenvalue weighted by Gasteiger charge is -2.39. The van der Waals surface area contributed by atoms with Crippen LogP contribution in [0.25, 0.3) is 0 Å². The number of nitrogens with zero attached hydrogens (tertiary/aromatic N) is 1. The second kappa shape index (κ2) is 2.88. The third kappa shape index (κ3) is 1.42. The number of hydrogen-bond donors (Lipinski definition) is 0. The zero-order valence-electron chi connectivity index (χ0n) is 7.29. The van der Waals surface area contributed by atoms with Crippen molar-refractivity contribution in [3.63, 3.8) is 0 Å². The van der Waals surface area contributed by atoms with Crippen LogP contribution < -0.4 is 0 Å². The van der Waals surface area contributed by atoms with E-state index in [1.807, 2.05) is 0 Å². The van der Waals surface area contributed by atoms with Gasteiger partial charge in [0.1, 0.15) is 0 Å². The third-order valence-corrected chi connectivity index (χ3v) is 2.92. The second-order valence-electron chi connectivity index (χ2n) is 3.94. The van der Waals surface area contributed by atoms with Gasteiger partial charge in [0.05, 0.1) is 0 Å². The number of fused-ring (bicyclic) bond motifs is 1. The van der Waals surface area contributed by atoms with Crippen LogP contribution in [0.1, 0.15) is 32.6 Å². The SMILES string of the molecule is CC1C=CN2CCCCC2C1. The Morgan fingerprint density at radius 2 is 2.27 bits per heavy atom. The lowest BCUT2D eigenvalue weighted by atomic mass is 9.91. The fraction of sp³-hybridized carbons (Fsp3) is 0.800. The van der Waals surface area contributed by atoms with Crippen LogP contribution in [-0.4, -0.2) is 17.5 Å². The van der Waals surface area contributed by atoms with Crippen molar-refractivity contribution >= 4 is 0 Å². The molecular formula is C10H17N. The molecule has 2 atom stereocenters. The Hall–Kier alpha value is -0.460. The van der Waals surface area contributed by atoms with Crippen molar-refractivity contribution in [1.82, 2.24) is 4.90 Å². The van der Waals surface area contributed by atoms with E-state index < -0.39 is 0 Å². The van der Waals surface area contributed by atoms with Crippen molar-refractivity contribution in [2.24, 2.45) is 5.92 Å². The first-order valence-electron chi connectivity index (χ1n) is 4.80. The summed E-state index contributed by atoms with van der Waals surface area (Å²) in [6.07, 6.45) is 10.3. The highest BCUT2D eigenvalue weighted by molar-refractivity contribution is 4.98. The highest BCUT2D eigenvalue weighted by Gasteiger charge is 2.23. The molecule has 1 heteroatoms. The highest BCUT2D eigenvalue weighted by Crippen LogP contribution is 2.27. The third-order valence-electron chi connectivity index (χ3n) is 2.92. The van der Waals surface area contributed by atoms with Crippen LogP contribution in [0, 0.1) is 5.92 Å². The second-order valence-corrected chi connectivity index (χ2v) is 3.94. The summed E-state index contributed by atoms with van der Waals surface area (Å²) in [5.74, 6) is 0.814. The zero-order valence-corrected chi connectivity index (χ0v) is 7.29. The quantitative estimate of drug-likeness (QED) is 0.514. The average Bonchev–Trinajstić information content (AvgIpc) is 2.04. The molecular weight excluding hydrogens is 134 g/mol. The monoisotopic (exact) mass is 151 g/mol. The smallest absolute Gasteiger partial charge is 0.0289 e. The minimum absolute atomic E-state index is 0.814. The van der Waals surface area contributed by atoms with Gasteiger partial charge in [-0.15, -0.1) is 0 Å². The van der Waals surface area contributed by atoms with Crippen LogP contribution in [0.2, 0.25) is 0 Å². The van der Waals surface area contributed by atoms with Crippen LogP contribution in [0.15, 0.2) is 12.3 Å². The van der Waals surface area contributed by atoms with Gasteiger partial charge in [-0.1, -0.05) is 13.0 Å². The van der Waals surface area contributed by atoms with E-state index in [9.17, 15) is 0 Å². The molecule has 0 saturated carbocycles. The lowest BCUT2D eigenvalue weighted by molar-refractivity contribution is 0.177. The molecule has 0 N–H and O–H groups in total. The van der Waals surface area contributed by atoms with Gasteiger partial charge in [0.15, 0.2) is 0 Å². The predicted molar refractivity (Wildman–Crippen MR) is 47.3 cm³/mol. The molecule has 2 heterocycles. The number of hydrogen-bond acceptors (Lipinski definition) is 1. The van der Waals surface area contributed by atoms with Crippen LogP contribution >= 0.6 is 0 Å². The van der Waals surface area contributed by atoms with Gasteiger partial charge in [-0.2, -0.15) is 0 Å². The molecule has 11 heavy (non-hydrogen) atoms. The molecule has 62 valence electrons. The first-order valence-corrected chi connectivity index (χ1v) is 4.80. The van der Waals surface area contributed by atoms with Crippen molar-refractivity contribution in [3.05, 3.63) is 12.3 Å². The molecule has 2 aliphatic heterocycles. The molecule has 2 aliphatic rings. The van der Waals surface area contributed by atoms with Gasteiger partial charge in [0.2, 0.25) is 0 Å². The van der Waals surface area contributed by atoms with Crippen molar-refractivity contribution in [3.8, 4) is 0 Å². The van der Waals surface area contributed by atoms with E-state index in [0.717, 1.165) is 12.0 Å². The molecule has 0 radical (unpaired) electrons. The van der Waals surface area contributed by atoms with E-state index in [1.54, 1.807) is 0 Å². The molecule has 1 fully saturated rings. The Bertz CT molecular complexity index is 162. The van der Waals surface area contributed by atoms with Gasteiger partial charge in [0, 0.05) is 12.6 Å². The highest BCUT2D eigenvalue weighted by atomic mass is 15.1. The van der Waals surface area contributed by atoms with Gasteiger partial charge < -0.3 is 4.90 Å². The van der Waals surface area contributed by atoms with Gasteiger partial charge in [-0.3, -0.25) is 0 Å². The summed E-state index contributed by atoms with van der Waals surface area (Å²) in [5.41, 5.74) is 0. The molecule has 1 saturated heterocycles. The van der Waals surface area contributed by atoms with E-state index in [4.69, 9.17) is 0 Å². The maximum absolute atomic E-state index is 2.53. The van der Waals surface area contributed by atoms with Crippen molar-refractivity contribution in [2.75, 3.05) is 6.54 Å². The summed E-state index contributed by atoms with van der Waals surface area (Å²) in [6.45, 7) is 3.62. The molecule has 0 spiro atoms. The molecule has 0 aromatic rings. The van der Waals surface area contributed by atoms with Gasteiger partial charge >= 0.3 is 0 Å². The van der Waals surface area contributed by atoms with Crippen molar-refractivity contribution in [1.29, 1.82) is 0 Å². The molecule has 0 aliphatic carbocycles. The molecule has 0 bridgehead atoms. The first kappa shape index (κ1) is 7.20. The van der Waals surface area contributed by atoms with Gasteiger partial charge in [-0.25, -0.2) is 0 Å². The van der Waals surface area contributed by atoms with E-state index >= 15 is 0 Å². The first-order chi connectivity index (χ1) is 5.36. The van der Waals surface area contributed by atoms with Gasteiger partial charge in [0.25, 0.3) is 0 Å².